The van der Waals surface area contributed by atoms with Crippen LogP contribution in [-0.2, 0) is 4.74 Å². The molecule has 0 saturated carbocycles. The maximum Gasteiger partial charge on any atom is 0.129 e. The number of allylic oxidation sites excluding steroid dienone is 7. The Morgan fingerprint density at radius 1 is 1.00 bits per heavy atom. The Bertz CT molecular complexity index is 1020. The average molecular weight is 526 g/mol. The van der Waals surface area contributed by atoms with E-state index in [0.717, 1.165) is 55.7 Å². The summed E-state index contributed by atoms with van der Waals surface area (Å²) in [4.78, 5) is 4.23. The van der Waals surface area contributed by atoms with Gasteiger partial charge >= 0.3 is 0 Å². The number of halogens is 1. The van der Waals surface area contributed by atoms with Gasteiger partial charge in [-0.25, -0.2) is 9.37 Å². The molecule has 0 aromatic carbocycles. The smallest absolute Gasteiger partial charge is 0.129 e. The number of ether oxygens (including phenoxy) is 1. The number of anilines is 1. The molecular formula is C31H44FN3OS. The van der Waals surface area contributed by atoms with E-state index in [9.17, 15) is 4.39 Å². The molecule has 1 aliphatic rings. The van der Waals surface area contributed by atoms with E-state index in [1.807, 2.05) is 11.8 Å². The van der Waals surface area contributed by atoms with E-state index in [0.29, 0.717) is 5.82 Å². The number of nitrogens with zero attached hydrogens (tertiary/aromatic N) is 1. The summed E-state index contributed by atoms with van der Waals surface area (Å²) in [6.07, 6.45) is 22.6. The molecule has 1 atom stereocenters. The third-order valence-corrected chi connectivity index (χ3v) is 6.97. The predicted molar refractivity (Wildman–Crippen MR) is 159 cm³/mol. The molecular weight excluding hydrogens is 481 g/mol. The van der Waals surface area contributed by atoms with E-state index < -0.39 is 0 Å². The molecule has 1 aromatic rings. The van der Waals surface area contributed by atoms with Crippen LogP contribution in [0.15, 0.2) is 89.3 Å². The maximum atomic E-state index is 13.6. The number of hydrogen-bond acceptors (Lipinski definition) is 5. The molecule has 0 aliphatic carbocycles. The molecule has 202 valence electrons. The molecule has 1 aliphatic heterocycles. The van der Waals surface area contributed by atoms with Crippen molar-refractivity contribution in [3.8, 4) is 0 Å². The van der Waals surface area contributed by atoms with Crippen molar-refractivity contribution >= 4 is 17.6 Å². The van der Waals surface area contributed by atoms with Gasteiger partial charge in [-0.1, -0.05) is 46.6 Å². The highest BCUT2D eigenvalue weighted by atomic mass is 32.2. The Morgan fingerprint density at radius 3 is 2.24 bits per heavy atom. The minimum absolute atomic E-state index is 0.0755. The first kappa shape index (κ1) is 30.5. The summed E-state index contributed by atoms with van der Waals surface area (Å²) in [6.45, 7) is 11.0. The average Bonchev–Trinajstić information content (AvgIpc) is 2.86. The normalized spacial score (nSPS) is 15.0. The highest BCUT2D eigenvalue weighted by Crippen LogP contribution is 2.18. The summed E-state index contributed by atoms with van der Waals surface area (Å²) in [5, 5.41) is 6.52. The Balaban J connectivity index is 1.72. The highest BCUT2D eigenvalue weighted by Gasteiger charge is 2.16. The number of pyridine rings is 1. The molecule has 6 heteroatoms. The van der Waals surface area contributed by atoms with Gasteiger partial charge in [-0.05, 0) is 79.2 Å². The second-order valence-corrected chi connectivity index (χ2v) is 10.9. The number of nitrogens with one attached hydrogen (secondary N) is 2. The predicted octanol–water partition coefficient (Wildman–Crippen LogP) is 8.81. The van der Waals surface area contributed by atoms with Crippen molar-refractivity contribution in [2.45, 2.75) is 79.2 Å². The lowest BCUT2D eigenvalue weighted by Crippen LogP contribution is -2.32. The number of rotatable bonds is 16. The van der Waals surface area contributed by atoms with Crippen LogP contribution in [0.2, 0.25) is 0 Å². The summed E-state index contributed by atoms with van der Waals surface area (Å²) in [7, 11) is 0. The fraction of sp³-hybridized carbons (Fsp3) is 0.452. The lowest BCUT2D eigenvalue weighted by atomic mass is 10.0. The van der Waals surface area contributed by atoms with E-state index in [-0.39, 0.29) is 11.9 Å². The Labute approximate surface area is 227 Å². The van der Waals surface area contributed by atoms with Crippen LogP contribution in [0.4, 0.5) is 10.2 Å². The molecule has 1 aromatic heterocycles. The summed E-state index contributed by atoms with van der Waals surface area (Å²) in [5.41, 5.74) is 6.66. The fourth-order valence-corrected chi connectivity index (χ4v) is 4.78. The van der Waals surface area contributed by atoms with Gasteiger partial charge in [0.1, 0.15) is 24.2 Å². The standard InChI is InChI=1S/C31H44FN3OS/c1-24(2)9-6-10-25(3)11-7-12-26(4)13-8-14-27(5)16-20-37-23-30(29-22-36-19-18-33-29)35-31-21-28(32)15-17-34-31/h9,11,13,15-19,21-22,30,33H,6-8,10,12,14,20,23H2,1-5H3,(H,34,35). The van der Waals surface area contributed by atoms with E-state index in [4.69, 9.17) is 4.74 Å². The van der Waals surface area contributed by atoms with E-state index in [1.165, 1.54) is 40.6 Å². The van der Waals surface area contributed by atoms with Crippen molar-refractivity contribution in [3.05, 3.63) is 95.2 Å². The first-order valence-electron chi connectivity index (χ1n) is 13.2. The second-order valence-electron chi connectivity index (χ2n) is 9.80. The van der Waals surface area contributed by atoms with E-state index in [1.54, 1.807) is 18.7 Å². The van der Waals surface area contributed by atoms with Crippen molar-refractivity contribution < 1.29 is 9.13 Å². The van der Waals surface area contributed by atoms with Crippen molar-refractivity contribution in [1.82, 2.24) is 10.3 Å². The fourth-order valence-electron chi connectivity index (χ4n) is 3.74. The zero-order valence-electron chi connectivity index (χ0n) is 23.1. The van der Waals surface area contributed by atoms with Gasteiger partial charge in [0.2, 0.25) is 0 Å². The van der Waals surface area contributed by atoms with E-state index >= 15 is 0 Å². The molecule has 0 saturated heterocycles. The molecule has 37 heavy (non-hydrogen) atoms. The molecule has 0 bridgehead atoms. The van der Waals surface area contributed by atoms with Crippen LogP contribution in [0, 0.1) is 5.82 Å². The molecule has 1 unspecified atom stereocenters. The Morgan fingerprint density at radius 2 is 1.65 bits per heavy atom. The quantitative estimate of drug-likeness (QED) is 0.167. The van der Waals surface area contributed by atoms with Crippen molar-refractivity contribution in [3.63, 3.8) is 0 Å². The topological polar surface area (TPSA) is 46.2 Å². The molecule has 4 nitrogen and oxygen atoms in total. The number of thioether (sulfide) groups is 1. The van der Waals surface area contributed by atoms with Crippen LogP contribution in [0.1, 0.15) is 73.1 Å². The largest absolute Gasteiger partial charge is 0.469 e. The van der Waals surface area contributed by atoms with Gasteiger partial charge in [0.05, 0.1) is 11.7 Å². The zero-order chi connectivity index (χ0) is 26.9. The third kappa shape index (κ3) is 14.0. The molecule has 0 radical (unpaired) electrons. The van der Waals surface area contributed by atoms with Crippen LogP contribution in [0.3, 0.4) is 0 Å². The molecule has 2 heterocycles. The lowest BCUT2D eigenvalue weighted by molar-refractivity contribution is 0.379. The minimum atomic E-state index is -0.310. The van der Waals surface area contributed by atoms with Gasteiger partial charge in [0.15, 0.2) is 0 Å². The van der Waals surface area contributed by atoms with Crippen LogP contribution in [-0.4, -0.2) is 22.5 Å². The van der Waals surface area contributed by atoms with Crippen LogP contribution in [0.25, 0.3) is 0 Å². The van der Waals surface area contributed by atoms with Crippen LogP contribution in [0.5, 0.6) is 0 Å². The first-order chi connectivity index (χ1) is 17.8. The summed E-state index contributed by atoms with van der Waals surface area (Å²) < 4.78 is 18.9. The van der Waals surface area contributed by atoms with E-state index in [2.05, 4.69) is 74.5 Å². The van der Waals surface area contributed by atoms with Crippen molar-refractivity contribution in [1.29, 1.82) is 0 Å². The third-order valence-electron chi connectivity index (χ3n) is 6.00. The molecule has 2 N–H and O–H groups in total. The highest BCUT2D eigenvalue weighted by molar-refractivity contribution is 7.99. The monoisotopic (exact) mass is 525 g/mol. The summed E-state index contributed by atoms with van der Waals surface area (Å²) >= 11 is 1.82. The Hall–Kier alpha value is -2.73. The van der Waals surface area contributed by atoms with Gasteiger partial charge in [-0.3, -0.25) is 0 Å². The van der Waals surface area contributed by atoms with Gasteiger partial charge in [0.25, 0.3) is 0 Å². The van der Waals surface area contributed by atoms with Crippen LogP contribution >= 0.6 is 11.8 Å². The van der Waals surface area contributed by atoms with Gasteiger partial charge < -0.3 is 15.4 Å². The first-order valence-corrected chi connectivity index (χ1v) is 14.3. The number of hydrogen-bond donors (Lipinski definition) is 2. The molecule has 0 spiro atoms. The van der Waals surface area contributed by atoms with Crippen molar-refractivity contribution in [2.75, 3.05) is 16.8 Å². The molecule has 0 amide bonds. The maximum absolute atomic E-state index is 13.6. The summed E-state index contributed by atoms with van der Waals surface area (Å²) in [6, 6.07) is 2.67. The van der Waals surface area contributed by atoms with Crippen molar-refractivity contribution in [2.24, 2.45) is 0 Å². The SMILES string of the molecule is CC(C)=CCCC(C)=CCCC(C)=CCCC(C)=CCSCC(Nc1cc(F)ccn1)C1=COC=CN1. The number of aromatic nitrogens is 1. The Kier molecular flexibility index (Phi) is 14.6. The minimum Gasteiger partial charge on any atom is -0.469 e. The van der Waals surface area contributed by atoms with Gasteiger partial charge in [-0.15, -0.1) is 0 Å². The second kappa shape index (κ2) is 17.7. The molecule has 2 rings (SSSR count). The lowest BCUT2D eigenvalue weighted by Gasteiger charge is -2.23. The zero-order valence-corrected chi connectivity index (χ0v) is 24.0. The van der Waals surface area contributed by atoms with Gasteiger partial charge in [-0.2, -0.15) is 11.8 Å². The van der Waals surface area contributed by atoms with Gasteiger partial charge in [0, 0.05) is 30.0 Å². The van der Waals surface area contributed by atoms with Crippen LogP contribution < -0.4 is 10.6 Å². The molecule has 0 fully saturated rings. The summed E-state index contributed by atoms with van der Waals surface area (Å²) in [5.74, 6) is 1.91.